The van der Waals surface area contributed by atoms with Crippen LogP contribution in [0.4, 0.5) is 0 Å². The topological polar surface area (TPSA) is 55.4 Å². The number of benzene rings is 1. The van der Waals surface area contributed by atoms with Gasteiger partial charge < -0.3 is 4.74 Å². The van der Waals surface area contributed by atoms with E-state index in [2.05, 4.69) is 4.72 Å². The molecule has 0 aliphatic heterocycles. The van der Waals surface area contributed by atoms with E-state index in [1.807, 2.05) is 30.3 Å². The van der Waals surface area contributed by atoms with E-state index in [0.717, 1.165) is 25.0 Å². The number of sulfonamides is 1. The Balaban J connectivity index is 2.00. The molecule has 0 spiro atoms. The average molecular weight is 269 g/mol. The molecule has 1 N–H and O–H groups in total. The first-order valence-electron chi connectivity index (χ1n) is 6.32. The van der Waals surface area contributed by atoms with Crippen LogP contribution >= 0.6 is 0 Å². The summed E-state index contributed by atoms with van der Waals surface area (Å²) in [4.78, 5) is 0. The molecule has 5 heteroatoms. The molecule has 100 valence electrons. The molecule has 1 aliphatic carbocycles. The zero-order valence-electron chi connectivity index (χ0n) is 10.5. The van der Waals surface area contributed by atoms with Gasteiger partial charge in [-0.2, -0.15) is 0 Å². The molecule has 0 amide bonds. The van der Waals surface area contributed by atoms with Gasteiger partial charge in [0.1, 0.15) is 11.9 Å². The minimum Gasteiger partial charge on any atom is -0.489 e. The summed E-state index contributed by atoms with van der Waals surface area (Å²) < 4.78 is 31.7. The van der Waals surface area contributed by atoms with Gasteiger partial charge in [-0.3, -0.25) is 0 Å². The summed E-state index contributed by atoms with van der Waals surface area (Å²) in [5, 5.41) is 0. The molecule has 2 atom stereocenters. The fourth-order valence-electron chi connectivity index (χ4n) is 2.19. The average Bonchev–Trinajstić information content (AvgIpc) is 2.77. The van der Waals surface area contributed by atoms with E-state index < -0.39 is 10.0 Å². The first-order chi connectivity index (χ1) is 8.61. The molecular formula is C13H19NO3S. The van der Waals surface area contributed by atoms with Crippen molar-refractivity contribution in [2.24, 2.45) is 0 Å². The Labute approximate surface area is 108 Å². The second-order valence-electron chi connectivity index (χ2n) is 4.53. The van der Waals surface area contributed by atoms with Crippen LogP contribution in [0, 0.1) is 0 Å². The monoisotopic (exact) mass is 269 g/mol. The maximum Gasteiger partial charge on any atom is 0.211 e. The van der Waals surface area contributed by atoms with Crippen LogP contribution in [0.15, 0.2) is 30.3 Å². The molecule has 4 nitrogen and oxygen atoms in total. The third kappa shape index (κ3) is 3.46. The fourth-order valence-corrected chi connectivity index (χ4v) is 3.09. The number of hydrogen-bond donors (Lipinski definition) is 1. The lowest BCUT2D eigenvalue weighted by atomic mass is 10.2. The normalized spacial score (nSPS) is 24.1. The minimum absolute atomic E-state index is 0.0614. The van der Waals surface area contributed by atoms with Gasteiger partial charge in [-0.05, 0) is 38.3 Å². The standard InChI is InChI=1S/C13H19NO3S/c1-2-18(15,16)14-12-9-6-10-13(12)17-11-7-4-3-5-8-11/h3-5,7-8,12-14H,2,6,9-10H2,1H3. The maximum absolute atomic E-state index is 11.6. The van der Waals surface area contributed by atoms with Crippen molar-refractivity contribution in [3.8, 4) is 5.75 Å². The van der Waals surface area contributed by atoms with Gasteiger partial charge in [-0.15, -0.1) is 0 Å². The summed E-state index contributed by atoms with van der Waals surface area (Å²) in [5.41, 5.74) is 0. The molecule has 1 aromatic carbocycles. The van der Waals surface area contributed by atoms with Crippen LogP contribution in [0.2, 0.25) is 0 Å². The van der Waals surface area contributed by atoms with Crippen molar-refractivity contribution in [1.29, 1.82) is 0 Å². The van der Waals surface area contributed by atoms with Crippen LogP contribution in [-0.2, 0) is 10.0 Å². The van der Waals surface area contributed by atoms with Gasteiger partial charge in [0.15, 0.2) is 0 Å². The van der Waals surface area contributed by atoms with Crippen molar-refractivity contribution in [1.82, 2.24) is 4.72 Å². The molecule has 1 saturated carbocycles. The SMILES string of the molecule is CCS(=O)(=O)NC1CCCC1Oc1ccccc1. The number of ether oxygens (including phenoxy) is 1. The fraction of sp³-hybridized carbons (Fsp3) is 0.538. The molecule has 1 aliphatic rings. The third-order valence-corrected chi connectivity index (χ3v) is 4.62. The molecule has 0 heterocycles. The van der Waals surface area contributed by atoms with E-state index >= 15 is 0 Å². The lowest BCUT2D eigenvalue weighted by Crippen LogP contribution is -2.42. The predicted octanol–water partition coefficient (Wildman–Crippen LogP) is 1.93. The molecule has 1 aromatic rings. The lowest BCUT2D eigenvalue weighted by Gasteiger charge is -2.22. The Morgan fingerprint density at radius 3 is 2.67 bits per heavy atom. The van der Waals surface area contributed by atoms with Crippen LogP contribution in [0.1, 0.15) is 26.2 Å². The molecule has 2 rings (SSSR count). The largest absolute Gasteiger partial charge is 0.489 e. The Kier molecular flexibility index (Phi) is 4.24. The number of nitrogens with one attached hydrogen (secondary N) is 1. The van der Waals surface area contributed by atoms with Gasteiger partial charge in [0.05, 0.1) is 11.8 Å². The third-order valence-electron chi connectivity index (χ3n) is 3.19. The number of rotatable bonds is 5. The Bertz CT molecular complexity index is 472. The van der Waals surface area contributed by atoms with Crippen molar-refractivity contribution in [3.63, 3.8) is 0 Å². The highest BCUT2D eigenvalue weighted by Gasteiger charge is 2.31. The maximum atomic E-state index is 11.6. The van der Waals surface area contributed by atoms with Crippen molar-refractivity contribution in [2.45, 2.75) is 38.3 Å². The summed E-state index contributed by atoms with van der Waals surface area (Å²) in [6.45, 7) is 1.64. The van der Waals surface area contributed by atoms with Crippen LogP contribution in [-0.4, -0.2) is 26.3 Å². The van der Waals surface area contributed by atoms with Gasteiger partial charge in [-0.1, -0.05) is 18.2 Å². The highest BCUT2D eigenvalue weighted by molar-refractivity contribution is 7.89. The lowest BCUT2D eigenvalue weighted by molar-refractivity contribution is 0.185. The molecule has 1 fully saturated rings. The van der Waals surface area contributed by atoms with E-state index in [1.165, 1.54) is 0 Å². The van der Waals surface area contributed by atoms with E-state index in [1.54, 1.807) is 6.92 Å². The number of hydrogen-bond acceptors (Lipinski definition) is 3. The first kappa shape index (κ1) is 13.4. The molecule has 0 bridgehead atoms. The summed E-state index contributed by atoms with van der Waals surface area (Å²) in [6, 6.07) is 9.44. The van der Waals surface area contributed by atoms with Crippen molar-refractivity contribution >= 4 is 10.0 Å². The van der Waals surface area contributed by atoms with Crippen LogP contribution in [0.25, 0.3) is 0 Å². The van der Waals surface area contributed by atoms with Gasteiger partial charge in [-0.25, -0.2) is 13.1 Å². The Morgan fingerprint density at radius 1 is 1.28 bits per heavy atom. The Morgan fingerprint density at radius 2 is 2.00 bits per heavy atom. The quantitative estimate of drug-likeness (QED) is 0.888. The summed E-state index contributed by atoms with van der Waals surface area (Å²) in [5.74, 6) is 0.909. The molecule has 0 radical (unpaired) electrons. The first-order valence-corrected chi connectivity index (χ1v) is 7.97. The summed E-state index contributed by atoms with van der Waals surface area (Å²) >= 11 is 0. The van der Waals surface area contributed by atoms with E-state index in [-0.39, 0.29) is 17.9 Å². The summed E-state index contributed by atoms with van der Waals surface area (Å²) in [6.07, 6.45) is 2.67. The van der Waals surface area contributed by atoms with Crippen molar-refractivity contribution in [3.05, 3.63) is 30.3 Å². The van der Waals surface area contributed by atoms with Crippen LogP contribution in [0.3, 0.4) is 0 Å². The van der Waals surface area contributed by atoms with E-state index in [4.69, 9.17) is 4.74 Å². The highest BCUT2D eigenvalue weighted by atomic mass is 32.2. The summed E-state index contributed by atoms with van der Waals surface area (Å²) in [7, 11) is -3.16. The van der Waals surface area contributed by atoms with E-state index in [9.17, 15) is 8.42 Å². The second-order valence-corrected chi connectivity index (χ2v) is 6.57. The van der Waals surface area contributed by atoms with Crippen LogP contribution < -0.4 is 9.46 Å². The molecule has 2 unspecified atom stereocenters. The van der Waals surface area contributed by atoms with Gasteiger partial charge in [0, 0.05) is 0 Å². The second kappa shape index (κ2) is 5.71. The number of para-hydroxylation sites is 1. The zero-order chi connectivity index (χ0) is 13.0. The molecule has 0 saturated heterocycles. The Hall–Kier alpha value is -1.07. The molecular weight excluding hydrogens is 250 g/mol. The molecule has 18 heavy (non-hydrogen) atoms. The molecule has 0 aromatic heterocycles. The van der Waals surface area contributed by atoms with Crippen molar-refractivity contribution in [2.75, 3.05) is 5.75 Å². The zero-order valence-corrected chi connectivity index (χ0v) is 11.3. The van der Waals surface area contributed by atoms with Gasteiger partial charge in [0.2, 0.25) is 10.0 Å². The van der Waals surface area contributed by atoms with E-state index in [0.29, 0.717) is 0 Å². The van der Waals surface area contributed by atoms with Crippen molar-refractivity contribution < 1.29 is 13.2 Å². The minimum atomic E-state index is -3.16. The smallest absolute Gasteiger partial charge is 0.211 e. The van der Waals surface area contributed by atoms with Gasteiger partial charge in [0.25, 0.3) is 0 Å². The predicted molar refractivity (Wildman–Crippen MR) is 71.1 cm³/mol. The van der Waals surface area contributed by atoms with Crippen LogP contribution in [0.5, 0.6) is 5.75 Å². The van der Waals surface area contributed by atoms with Gasteiger partial charge >= 0.3 is 0 Å². The highest BCUT2D eigenvalue weighted by Crippen LogP contribution is 2.25.